The number of rotatable bonds is 7. The van der Waals surface area contributed by atoms with Gasteiger partial charge < -0.3 is 19.7 Å². The van der Waals surface area contributed by atoms with Gasteiger partial charge in [0.2, 0.25) is 0 Å². The molecule has 8 nitrogen and oxygen atoms in total. The summed E-state index contributed by atoms with van der Waals surface area (Å²) in [5, 5.41) is 23.5. The lowest BCUT2D eigenvalue weighted by atomic mass is 9.97. The fourth-order valence-electron chi connectivity index (χ4n) is 3.69. The van der Waals surface area contributed by atoms with Crippen LogP contribution in [0.2, 0.25) is 0 Å². The number of aromatic hydroxyl groups is 2. The van der Waals surface area contributed by atoms with Gasteiger partial charge in [-0.15, -0.1) is 6.58 Å². The number of thiocarbonyl (C=S) groups is 1. The summed E-state index contributed by atoms with van der Waals surface area (Å²) < 4.78 is 10.9. The van der Waals surface area contributed by atoms with Crippen LogP contribution in [0.15, 0.2) is 78.9 Å². The first-order valence-electron chi connectivity index (χ1n) is 10.8. The quantitative estimate of drug-likeness (QED) is 0.144. The molecule has 3 aromatic rings. The molecule has 182 valence electrons. The summed E-state index contributed by atoms with van der Waals surface area (Å²) in [5.74, 6) is -0.683. The van der Waals surface area contributed by atoms with Gasteiger partial charge >= 0.3 is 0 Å². The third-order valence-electron chi connectivity index (χ3n) is 5.42. The molecule has 1 heterocycles. The Bertz CT molecular complexity index is 1380. The average molecular weight is 503 g/mol. The SMILES string of the molecule is C=CCc1c(O)c(OC)cc(O)c1C=C1C(=O)NC(=S)N(c2ccc(Oc3ccccc3)cc2)C1=O. The Labute approximate surface area is 212 Å². The van der Waals surface area contributed by atoms with Crippen LogP contribution in [-0.4, -0.2) is 34.2 Å². The Kier molecular flexibility index (Phi) is 7.03. The number of anilines is 1. The van der Waals surface area contributed by atoms with Crippen molar-refractivity contribution < 1.29 is 29.3 Å². The van der Waals surface area contributed by atoms with E-state index in [-0.39, 0.29) is 45.5 Å². The third kappa shape index (κ3) is 4.77. The van der Waals surface area contributed by atoms with Crippen LogP contribution in [0.1, 0.15) is 11.1 Å². The predicted molar refractivity (Wildman–Crippen MR) is 139 cm³/mol. The average Bonchev–Trinajstić information content (AvgIpc) is 2.86. The molecule has 0 radical (unpaired) electrons. The molecule has 4 rings (SSSR count). The highest BCUT2D eigenvalue weighted by atomic mass is 32.1. The lowest BCUT2D eigenvalue weighted by Gasteiger charge is -2.29. The van der Waals surface area contributed by atoms with E-state index in [0.717, 1.165) is 0 Å². The number of hydrogen-bond acceptors (Lipinski definition) is 7. The first kappa shape index (κ1) is 24.5. The van der Waals surface area contributed by atoms with Gasteiger partial charge in [-0.1, -0.05) is 24.3 Å². The zero-order valence-electron chi connectivity index (χ0n) is 19.2. The number of nitrogens with zero attached hydrogens (tertiary/aromatic N) is 1. The highest BCUT2D eigenvalue weighted by molar-refractivity contribution is 7.80. The highest BCUT2D eigenvalue weighted by Crippen LogP contribution is 2.40. The number of carbonyl (C=O) groups is 2. The number of allylic oxidation sites excluding steroid dienone is 1. The van der Waals surface area contributed by atoms with Crippen molar-refractivity contribution in [3.05, 3.63) is 90.0 Å². The number of hydrogen-bond donors (Lipinski definition) is 3. The molecule has 0 bridgehead atoms. The second-order valence-corrected chi connectivity index (χ2v) is 8.09. The molecule has 3 aromatic carbocycles. The summed E-state index contributed by atoms with van der Waals surface area (Å²) in [4.78, 5) is 27.3. The Balaban J connectivity index is 1.69. The maximum absolute atomic E-state index is 13.4. The smallest absolute Gasteiger partial charge is 0.270 e. The van der Waals surface area contributed by atoms with Crippen LogP contribution in [-0.2, 0) is 16.0 Å². The van der Waals surface area contributed by atoms with Crippen molar-refractivity contribution in [2.24, 2.45) is 0 Å². The maximum atomic E-state index is 13.4. The van der Waals surface area contributed by atoms with Crippen molar-refractivity contribution in [3.63, 3.8) is 0 Å². The fraction of sp³-hybridized carbons (Fsp3) is 0.0741. The standard InChI is InChI=1S/C27H22N2O6S/c1-3-7-19-20(22(30)15-23(34-2)24(19)31)14-21-25(32)28-27(36)29(26(21)33)16-10-12-18(13-11-16)35-17-8-5-4-6-9-17/h3-6,8-15,30-31H,1,7H2,2H3,(H,28,32,36). The highest BCUT2D eigenvalue weighted by Gasteiger charge is 2.35. The number of benzene rings is 3. The lowest BCUT2D eigenvalue weighted by molar-refractivity contribution is -0.122. The molecule has 0 saturated carbocycles. The number of para-hydroxylation sites is 1. The first-order valence-corrected chi connectivity index (χ1v) is 11.2. The monoisotopic (exact) mass is 502 g/mol. The summed E-state index contributed by atoms with van der Waals surface area (Å²) >= 11 is 5.26. The number of ether oxygens (including phenoxy) is 2. The van der Waals surface area contributed by atoms with Gasteiger partial charge in [0.05, 0.1) is 12.8 Å². The molecule has 0 aromatic heterocycles. The topological polar surface area (TPSA) is 108 Å². The van der Waals surface area contributed by atoms with Crippen molar-refractivity contribution in [2.45, 2.75) is 6.42 Å². The van der Waals surface area contributed by atoms with Crippen molar-refractivity contribution in [2.75, 3.05) is 12.0 Å². The number of phenols is 2. The Hall–Kier alpha value is -4.63. The number of methoxy groups -OCH3 is 1. The second-order valence-electron chi connectivity index (χ2n) is 7.70. The molecule has 3 N–H and O–H groups in total. The predicted octanol–water partition coefficient (Wildman–Crippen LogP) is 4.46. The number of phenolic OH excluding ortho intramolecular Hbond substituents is 2. The van der Waals surface area contributed by atoms with Crippen LogP contribution in [0.4, 0.5) is 5.69 Å². The van der Waals surface area contributed by atoms with Gasteiger partial charge in [0, 0.05) is 17.2 Å². The molecule has 36 heavy (non-hydrogen) atoms. The van der Waals surface area contributed by atoms with E-state index in [1.54, 1.807) is 24.3 Å². The molecule has 2 amide bonds. The van der Waals surface area contributed by atoms with E-state index in [4.69, 9.17) is 21.7 Å². The molecule has 1 aliphatic rings. The summed E-state index contributed by atoms with van der Waals surface area (Å²) in [6.45, 7) is 3.66. The first-order chi connectivity index (χ1) is 17.3. The van der Waals surface area contributed by atoms with Gasteiger partial charge in [-0.2, -0.15) is 0 Å². The fourth-order valence-corrected chi connectivity index (χ4v) is 3.97. The van der Waals surface area contributed by atoms with E-state index < -0.39 is 11.8 Å². The van der Waals surface area contributed by atoms with Gasteiger partial charge in [0.25, 0.3) is 11.8 Å². The minimum Gasteiger partial charge on any atom is -0.507 e. The maximum Gasteiger partial charge on any atom is 0.270 e. The molecular weight excluding hydrogens is 480 g/mol. The van der Waals surface area contributed by atoms with E-state index in [1.807, 2.05) is 30.3 Å². The lowest BCUT2D eigenvalue weighted by Crippen LogP contribution is -2.54. The summed E-state index contributed by atoms with van der Waals surface area (Å²) in [5.41, 5.74) is 0.464. The van der Waals surface area contributed by atoms with Crippen molar-refractivity contribution in [3.8, 4) is 28.7 Å². The normalized spacial score (nSPS) is 14.5. The van der Waals surface area contributed by atoms with E-state index in [2.05, 4.69) is 11.9 Å². The van der Waals surface area contributed by atoms with Gasteiger partial charge in [0.1, 0.15) is 22.8 Å². The molecule has 0 spiro atoms. The minimum atomic E-state index is -0.732. The summed E-state index contributed by atoms with van der Waals surface area (Å²) in [6.07, 6.45) is 2.88. The van der Waals surface area contributed by atoms with Crippen molar-refractivity contribution in [1.29, 1.82) is 0 Å². The van der Waals surface area contributed by atoms with Crippen LogP contribution in [0.5, 0.6) is 28.7 Å². The van der Waals surface area contributed by atoms with Gasteiger partial charge in [-0.3, -0.25) is 19.8 Å². The van der Waals surface area contributed by atoms with Crippen molar-refractivity contribution >= 4 is 40.9 Å². The number of carbonyl (C=O) groups excluding carboxylic acids is 2. The molecule has 9 heteroatoms. The molecule has 0 atom stereocenters. The summed E-state index contributed by atoms with van der Waals surface area (Å²) in [7, 11) is 1.34. The Morgan fingerprint density at radius 1 is 1.06 bits per heavy atom. The van der Waals surface area contributed by atoms with Crippen LogP contribution in [0.25, 0.3) is 6.08 Å². The summed E-state index contributed by atoms with van der Waals surface area (Å²) in [6, 6.07) is 17.0. The largest absolute Gasteiger partial charge is 0.507 e. The van der Waals surface area contributed by atoms with E-state index in [0.29, 0.717) is 17.2 Å². The molecule has 1 aliphatic heterocycles. The van der Waals surface area contributed by atoms with E-state index in [1.165, 1.54) is 30.2 Å². The van der Waals surface area contributed by atoms with Crippen molar-refractivity contribution in [1.82, 2.24) is 5.32 Å². The number of amides is 2. The van der Waals surface area contributed by atoms with Crippen LogP contribution < -0.4 is 19.7 Å². The molecular formula is C27H22N2O6S. The van der Waals surface area contributed by atoms with Gasteiger partial charge in [0.15, 0.2) is 16.6 Å². The van der Waals surface area contributed by atoms with Gasteiger partial charge in [-0.05, 0) is 61.1 Å². The Morgan fingerprint density at radius 3 is 2.36 bits per heavy atom. The minimum absolute atomic E-state index is 0.0477. The zero-order valence-corrected chi connectivity index (χ0v) is 20.0. The van der Waals surface area contributed by atoms with Crippen LogP contribution in [0.3, 0.4) is 0 Å². The molecule has 1 fully saturated rings. The van der Waals surface area contributed by atoms with E-state index >= 15 is 0 Å². The third-order valence-corrected chi connectivity index (χ3v) is 5.71. The van der Waals surface area contributed by atoms with E-state index in [9.17, 15) is 19.8 Å². The van der Waals surface area contributed by atoms with Crippen LogP contribution in [0, 0.1) is 0 Å². The van der Waals surface area contributed by atoms with Gasteiger partial charge in [-0.25, -0.2) is 0 Å². The second kappa shape index (κ2) is 10.3. The Morgan fingerprint density at radius 2 is 1.72 bits per heavy atom. The van der Waals surface area contributed by atoms with Crippen LogP contribution >= 0.6 is 12.2 Å². The molecule has 0 unspecified atom stereocenters. The molecule has 0 aliphatic carbocycles. The molecule has 1 saturated heterocycles. The zero-order chi connectivity index (χ0) is 25.8. The number of nitrogens with one attached hydrogen (secondary N) is 1.